The number of ether oxygens (including phenoxy) is 1. The van der Waals surface area contributed by atoms with Crippen molar-refractivity contribution < 1.29 is 22.6 Å². The molecule has 1 aromatic heterocycles. The van der Waals surface area contributed by atoms with Crippen molar-refractivity contribution in [3.8, 4) is 5.69 Å². The summed E-state index contributed by atoms with van der Waals surface area (Å²) in [6.45, 7) is 5.63. The van der Waals surface area contributed by atoms with Gasteiger partial charge in [0.2, 0.25) is 11.9 Å². The van der Waals surface area contributed by atoms with Crippen LogP contribution in [0.25, 0.3) is 5.69 Å². The van der Waals surface area contributed by atoms with Gasteiger partial charge < -0.3 is 20.3 Å². The first-order chi connectivity index (χ1) is 15.8. The lowest BCUT2D eigenvalue weighted by Gasteiger charge is -2.40. The number of benzene rings is 2. The van der Waals surface area contributed by atoms with Gasteiger partial charge in [-0.1, -0.05) is 0 Å². The number of hydrogen-bond donors (Lipinski definition) is 2. The minimum Gasteiger partial charge on any atom is -0.383 e. The number of rotatable bonds is 8. The lowest BCUT2D eigenvalue weighted by Crippen LogP contribution is -2.55. The molecule has 3 aromatic rings. The van der Waals surface area contributed by atoms with E-state index in [2.05, 4.69) is 31.7 Å². The smallest absolute Gasteiger partial charge is 0.246 e. The van der Waals surface area contributed by atoms with Gasteiger partial charge in [-0.3, -0.25) is 4.79 Å². The van der Waals surface area contributed by atoms with E-state index in [0.717, 1.165) is 23.0 Å². The van der Waals surface area contributed by atoms with E-state index in [-0.39, 0.29) is 27.8 Å². The van der Waals surface area contributed by atoms with Gasteiger partial charge in [-0.15, -0.1) is 5.10 Å². The zero-order chi connectivity index (χ0) is 23.5. The number of amides is 1. The van der Waals surface area contributed by atoms with Gasteiger partial charge in [0, 0.05) is 48.0 Å². The van der Waals surface area contributed by atoms with Crippen LogP contribution in [-0.4, -0.2) is 53.5 Å². The highest BCUT2D eigenvalue weighted by molar-refractivity contribution is 5.82. The normalized spacial score (nSPS) is 14.6. The Labute approximate surface area is 195 Å². The number of methoxy groups -OCH3 is 1. The van der Waals surface area contributed by atoms with Crippen molar-refractivity contribution in [1.82, 2.24) is 20.1 Å². The van der Waals surface area contributed by atoms with E-state index in [1.807, 2.05) is 26.0 Å². The number of nitrogens with one attached hydrogen (secondary N) is 2. The molecule has 0 unspecified atom stereocenters. The number of aryl methyl sites for hydroxylation is 1. The second-order valence-corrected chi connectivity index (χ2v) is 8.29. The second-order valence-electron chi connectivity index (χ2n) is 8.29. The maximum absolute atomic E-state index is 13.5. The molecule has 8 nitrogen and oxygen atoms in total. The Bertz CT molecular complexity index is 1140. The Morgan fingerprint density at radius 2 is 1.91 bits per heavy atom. The monoisotopic (exact) mass is 462 g/mol. The Morgan fingerprint density at radius 1 is 1.18 bits per heavy atom. The highest BCUT2D eigenvalue weighted by Gasteiger charge is 2.33. The fourth-order valence-corrected chi connectivity index (χ4v) is 3.77. The van der Waals surface area contributed by atoms with Crippen LogP contribution >= 0.6 is 0 Å². The molecule has 2 aromatic carbocycles. The van der Waals surface area contributed by atoms with E-state index in [9.17, 15) is 13.6 Å². The number of halogens is 2. The average Bonchev–Trinajstić information content (AvgIpc) is 3.14. The summed E-state index contributed by atoms with van der Waals surface area (Å²) >= 11 is 0. The SMILES string of the molecule is COC[C@H](C)NC(=O)C1CN(c2cc(C)cc(Nc3ncn(-c4cc(F)cc(F)c4)n3)c2)C1.[HH].[HH].[HH]. The lowest BCUT2D eigenvalue weighted by molar-refractivity contribution is -0.126. The maximum Gasteiger partial charge on any atom is 0.246 e. The van der Waals surface area contributed by atoms with Crippen LogP contribution in [0.5, 0.6) is 0 Å². The molecule has 1 saturated heterocycles. The third-order valence-corrected chi connectivity index (χ3v) is 5.34. The number of anilines is 3. The molecule has 0 radical (unpaired) electrons. The van der Waals surface area contributed by atoms with E-state index in [4.69, 9.17) is 4.74 Å². The van der Waals surface area contributed by atoms with Gasteiger partial charge in [-0.2, -0.15) is 4.98 Å². The van der Waals surface area contributed by atoms with Gasteiger partial charge in [0.05, 0.1) is 18.2 Å². The highest BCUT2D eigenvalue weighted by atomic mass is 19.1. The number of carbonyl (C=O) groups is 1. The summed E-state index contributed by atoms with van der Waals surface area (Å²) in [4.78, 5) is 18.7. The first-order valence-electron chi connectivity index (χ1n) is 10.6. The third kappa shape index (κ3) is 5.46. The fourth-order valence-electron chi connectivity index (χ4n) is 3.77. The van der Waals surface area contributed by atoms with Crippen molar-refractivity contribution in [2.75, 3.05) is 37.0 Å². The van der Waals surface area contributed by atoms with Gasteiger partial charge in [-0.25, -0.2) is 13.5 Å². The highest BCUT2D eigenvalue weighted by Crippen LogP contribution is 2.29. The first-order valence-corrected chi connectivity index (χ1v) is 10.6. The minimum absolute atomic E-state index is 0. The van der Waals surface area contributed by atoms with E-state index in [0.29, 0.717) is 25.6 Å². The van der Waals surface area contributed by atoms with Gasteiger partial charge in [0.1, 0.15) is 18.0 Å². The zero-order valence-electron chi connectivity index (χ0n) is 18.7. The van der Waals surface area contributed by atoms with Crippen LogP contribution in [0.2, 0.25) is 0 Å². The molecule has 33 heavy (non-hydrogen) atoms. The molecule has 10 heteroatoms. The van der Waals surface area contributed by atoms with Crippen LogP contribution in [0.15, 0.2) is 42.7 Å². The average molecular weight is 463 g/mol. The molecule has 4 rings (SSSR count). The van der Waals surface area contributed by atoms with Gasteiger partial charge in [0.25, 0.3) is 0 Å². The van der Waals surface area contributed by atoms with Crippen molar-refractivity contribution in [1.29, 1.82) is 0 Å². The molecular formula is C23H32F2N6O2. The Balaban J connectivity index is 0.00000216. The Morgan fingerprint density at radius 3 is 2.61 bits per heavy atom. The van der Waals surface area contributed by atoms with Crippen LogP contribution < -0.4 is 15.5 Å². The molecule has 0 spiro atoms. The van der Waals surface area contributed by atoms with Gasteiger partial charge in [-0.05, 0) is 49.7 Å². The largest absolute Gasteiger partial charge is 0.383 e. The topological polar surface area (TPSA) is 84.3 Å². The molecule has 180 valence electrons. The van der Waals surface area contributed by atoms with Crippen LogP contribution in [0.4, 0.5) is 26.1 Å². The molecule has 1 aliphatic rings. The molecule has 1 aliphatic heterocycles. The number of hydrogen-bond acceptors (Lipinski definition) is 6. The number of aromatic nitrogens is 3. The fraction of sp³-hybridized carbons (Fsp3) is 0.348. The number of nitrogens with zero attached hydrogens (tertiary/aromatic N) is 4. The summed E-state index contributed by atoms with van der Waals surface area (Å²) in [5, 5.41) is 10.4. The predicted octanol–water partition coefficient (Wildman–Crippen LogP) is 3.92. The summed E-state index contributed by atoms with van der Waals surface area (Å²) in [5.74, 6) is -1.11. The molecule has 0 saturated carbocycles. The van der Waals surface area contributed by atoms with Crippen LogP contribution in [0.3, 0.4) is 0 Å². The molecule has 2 N–H and O–H groups in total. The van der Waals surface area contributed by atoms with E-state index in [1.165, 1.54) is 23.1 Å². The third-order valence-electron chi connectivity index (χ3n) is 5.34. The quantitative estimate of drug-likeness (QED) is 0.528. The molecule has 0 bridgehead atoms. The van der Waals surface area contributed by atoms with Gasteiger partial charge >= 0.3 is 0 Å². The van der Waals surface area contributed by atoms with Crippen molar-refractivity contribution in [2.45, 2.75) is 19.9 Å². The van der Waals surface area contributed by atoms with Crippen molar-refractivity contribution >= 4 is 23.2 Å². The minimum atomic E-state index is -0.687. The molecule has 1 atom stereocenters. The summed E-state index contributed by atoms with van der Waals surface area (Å²) in [6.07, 6.45) is 1.39. The summed E-state index contributed by atoms with van der Waals surface area (Å²) in [6, 6.07) is 9.09. The first kappa shape index (κ1) is 22.7. The van der Waals surface area contributed by atoms with Crippen molar-refractivity contribution in [3.63, 3.8) is 0 Å². The zero-order valence-corrected chi connectivity index (χ0v) is 18.7. The van der Waals surface area contributed by atoms with Gasteiger partial charge in [0.15, 0.2) is 0 Å². The van der Waals surface area contributed by atoms with E-state index >= 15 is 0 Å². The summed E-state index contributed by atoms with van der Waals surface area (Å²) in [7, 11) is 1.61. The molecule has 1 fully saturated rings. The molecule has 0 aliphatic carbocycles. The van der Waals surface area contributed by atoms with E-state index in [1.54, 1.807) is 7.11 Å². The summed E-state index contributed by atoms with van der Waals surface area (Å²) in [5.41, 5.74) is 3.03. The Kier molecular flexibility index (Phi) is 6.55. The second kappa shape index (κ2) is 9.53. The molecular weight excluding hydrogens is 430 g/mol. The standard InChI is InChI=1S/C23H26F2N6O2.3H2/c1-14-4-19(28-23-26-13-31(29-23)21-7-17(24)6-18(25)8-21)9-20(5-14)30-10-16(11-30)22(32)27-15(2)12-33-3;;;/h4-9,13,15-16H,10-12H2,1-3H3,(H,27,32)(H,28,29);3*1H/t15-;;;/m0.../s1. The summed E-state index contributed by atoms with van der Waals surface area (Å²) < 4.78 is 33.3. The predicted molar refractivity (Wildman–Crippen MR) is 127 cm³/mol. The lowest BCUT2D eigenvalue weighted by atomic mass is 9.97. The molecule has 1 amide bonds. The van der Waals surface area contributed by atoms with Crippen LogP contribution in [0.1, 0.15) is 16.8 Å². The maximum atomic E-state index is 13.5. The van der Waals surface area contributed by atoms with Crippen molar-refractivity contribution in [2.24, 2.45) is 5.92 Å². The van der Waals surface area contributed by atoms with Crippen LogP contribution in [0, 0.1) is 24.5 Å². The molecule has 2 heterocycles. The van der Waals surface area contributed by atoms with Crippen LogP contribution in [-0.2, 0) is 9.53 Å². The van der Waals surface area contributed by atoms with E-state index < -0.39 is 11.6 Å². The van der Waals surface area contributed by atoms with Crippen molar-refractivity contribution in [3.05, 3.63) is 59.9 Å². The Hall–Kier alpha value is -3.53. The number of carbonyl (C=O) groups excluding carboxylic acids is 1.